The number of amides is 2. The predicted octanol–water partition coefficient (Wildman–Crippen LogP) is 1.99. The minimum atomic E-state index is 0.0352. The molecule has 0 bridgehead atoms. The number of hydrogen-bond donors (Lipinski definition) is 1. The summed E-state index contributed by atoms with van der Waals surface area (Å²) in [6.07, 6.45) is 6.09. The molecular formula is C21H34N6O2. The lowest BCUT2D eigenvalue weighted by atomic mass is 9.96. The Labute approximate surface area is 173 Å². The first-order valence-corrected chi connectivity index (χ1v) is 11.0. The van der Waals surface area contributed by atoms with Crippen molar-refractivity contribution < 1.29 is 9.59 Å². The molecular weight excluding hydrogens is 368 g/mol. The van der Waals surface area contributed by atoms with Crippen LogP contribution in [0.2, 0.25) is 0 Å². The van der Waals surface area contributed by atoms with Gasteiger partial charge in [-0.2, -0.15) is 0 Å². The molecule has 0 saturated carbocycles. The van der Waals surface area contributed by atoms with E-state index in [4.69, 9.17) is 0 Å². The van der Waals surface area contributed by atoms with Gasteiger partial charge in [-0.1, -0.05) is 0 Å². The molecule has 2 fully saturated rings. The molecule has 3 rings (SSSR count). The summed E-state index contributed by atoms with van der Waals surface area (Å²) < 4.78 is 0. The molecule has 8 heteroatoms. The first kappa shape index (κ1) is 21.3. The summed E-state index contributed by atoms with van der Waals surface area (Å²) in [5.41, 5.74) is 0. The van der Waals surface area contributed by atoms with Gasteiger partial charge in [0.2, 0.25) is 11.8 Å². The van der Waals surface area contributed by atoms with Gasteiger partial charge in [-0.3, -0.25) is 9.59 Å². The van der Waals surface area contributed by atoms with E-state index >= 15 is 0 Å². The Morgan fingerprint density at radius 2 is 2.07 bits per heavy atom. The van der Waals surface area contributed by atoms with Gasteiger partial charge in [0.05, 0.1) is 5.92 Å². The van der Waals surface area contributed by atoms with Gasteiger partial charge in [-0.15, -0.1) is 0 Å². The van der Waals surface area contributed by atoms with Crippen molar-refractivity contribution >= 4 is 23.5 Å². The minimum Gasteiger partial charge on any atom is -0.370 e. The SMILES string of the molecule is CCN(CC)C(=O)C1CCCN(c2cc(NCCCN3CCCC3=O)ncn2)C1. The Bertz CT molecular complexity index is 694. The van der Waals surface area contributed by atoms with Crippen LogP contribution in [-0.2, 0) is 9.59 Å². The van der Waals surface area contributed by atoms with E-state index in [1.165, 1.54) is 0 Å². The Morgan fingerprint density at radius 1 is 1.24 bits per heavy atom. The lowest BCUT2D eigenvalue weighted by Gasteiger charge is -2.35. The smallest absolute Gasteiger partial charge is 0.227 e. The highest BCUT2D eigenvalue weighted by atomic mass is 16.2. The van der Waals surface area contributed by atoms with E-state index in [1.54, 1.807) is 6.33 Å². The number of rotatable bonds is 9. The molecule has 2 aliphatic heterocycles. The normalized spacial score (nSPS) is 19.5. The van der Waals surface area contributed by atoms with Crippen LogP contribution in [0, 0.1) is 5.92 Å². The predicted molar refractivity (Wildman–Crippen MR) is 114 cm³/mol. The summed E-state index contributed by atoms with van der Waals surface area (Å²) in [6.45, 7) is 9.66. The number of anilines is 2. The molecule has 0 aromatic carbocycles. The number of nitrogens with one attached hydrogen (secondary N) is 1. The molecule has 0 spiro atoms. The maximum atomic E-state index is 12.7. The van der Waals surface area contributed by atoms with Crippen LogP contribution in [0.1, 0.15) is 46.0 Å². The van der Waals surface area contributed by atoms with Crippen molar-refractivity contribution in [3.8, 4) is 0 Å². The topological polar surface area (TPSA) is 81.7 Å². The van der Waals surface area contributed by atoms with E-state index in [2.05, 4.69) is 20.2 Å². The second-order valence-corrected chi connectivity index (χ2v) is 7.82. The zero-order valence-electron chi connectivity index (χ0n) is 17.8. The van der Waals surface area contributed by atoms with E-state index in [1.807, 2.05) is 29.7 Å². The van der Waals surface area contributed by atoms with E-state index in [0.717, 1.165) is 76.6 Å². The summed E-state index contributed by atoms with van der Waals surface area (Å²) in [5, 5.41) is 3.34. The third kappa shape index (κ3) is 5.58. The minimum absolute atomic E-state index is 0.0352. The summed E-state index contributed by atoms with van der Waals surface area (Å²) in [5.74, 6) is 2.22. The highest BCUT2D eigenvalue weighted by molar-refractivity contribution is 5.79. The van der Waals surface area contributed by atoms with Crippen LogP contribution in [0.25, 0.3) is 0 Å². The number of nitrogens with zero attached hydrogens (tertiary/aromatic N) is 5. The standard InChI is InChI=1S/C21H34N6O2/c1-3-25(4-2)21(29)17-8-5-12-27(15-17)19-14-18(23-16-24-19)22-10-7-13-26-11-6-9-20(26)28/h14,16-17H,3-13,15H2,1-2H3,(H,22,23,24). The second-order valence-electron chi connectivity index (χ2n) is 7.82. The molecule has 1 unspecified atom stereocenters. The first-order valence-electron chi connectivity index (χ1n) is 11.0. The lowest BCUT2D eigenvalue weighted by molar-refractivity contribution is -0.135. The fraction of sp³-hybridized carbons (Fsp3) is 0.714. The molecule has 160 valence electrons. The van der Waals surface area contributed by atoms with E-state index < -0.39 is 0 Å². The molecule has 3 heterocycles. The molecule has 1 aromatic rings. The molecule has 2 aliphatic rings. The van der Waals surface area contributed by atoms with Gasteiger partial charge in [0, 0.05) is 58.3 Å². The van der Waals surface area contributed by atoms with Crippen LogP contribution in [-0.4, -0.2) is 77.4 Å². The number of hydrogen-bond acceptors (Lipinski definition) is 6. The van der Waals surface area contributed by atoms with Crippen molar-refractivity contribution in [3.05, 3.63) is 12.4 Å². The van der Waals surface area contributed by atoms with Crippen molar-refractivity contribution in [2.45, 2.75) is 46.0 Å². The molecule has 1 N–H and O–H groups in total. The fourth-order valence-corrected chi connectivity index (χ4v) is 4.22. The van der Waals surface area contributed by atoms with Gasteiger partial charge in [0.15, 0.2) is 0 Å². The van der Waals surface area contributed by atoms with Crippen molar-refractivity contribution in [1.82, 2.24) is 19.8 Å². The third-order valence-corrected chi connectivity index (χ3v) is 5.90. The Morgan fingerprint density at radius 3 is 2.79 bits per heavy atom. The van der Waals surface area contributed by atoms with Crippen LogP contribution < -0.4 is 10.2 Å². The van der Waals surface area contributed by atoms with Gasteiger partial charge < -0.3 is 20.0 Å². The molecule has 8 nitrogen and oxygen atoms in total. The molecule has 0 aliphatic carbocycles. The Hall–Kier alpha value is -2.38. The Kier molecular flexibility index (Phi) is 7.66. The van der Waals surface area contributed by atoms with Crippen LogP contribution in [0.15, 0.2) is 12.4 Å². The first-order chi connectivity index (χ1) is 14.1. The zero-order valence-corrected chi connectivity index (χ0v) is 17.8. The van der Waals surface area contributed by atoms with Crippen molar-refractivity contribution in [2.24, 2.45) is 5.92 Å². The largest absolute Gasteiger partial charge is 0.370 e. The van der Waals surface area contributed by atoms with Gasteiger partial charge in [0.1, 0.15) is 18.0 Å². The zero-order chi connectivity index (χ0) is 20.6. The summed E-state index contributed by atoms with van der Waals surface area (Å²) >= 11 is 0. The maximum absolute atomic E-state index is 12.7. The summed E-state index contributed by atoms with van der Waals surface area (Å²) in [6, 6.07) is 1.96. The fourth-order valence-electron chi connectivity index (χ4n) is 4.22. The van der Waals surface area contributed by atoms with Crippen LogP contribution in [0.4, 0.5) is 11.6 Å². The van der Waals surface area contributed by atoms with Crippen molar-refractivity contribution in [3.63, 3.8) is 0 Å². The number of piperidine rings is 1. The van der Waals surface area contributed by atoms with Crippen molar-refractivity contribution in [2.75, 3.05) is 56.0 Å². The van der Waals surface area contributed by atoms with Gasteiger partial charge >= 0.3 is 0 Å². The summed E-state index contributed by atoms with van der Waals surface area (Å²) in [4.78, 5) is 39.2. The van der Waals surface area contributed by atoms with Crippen LogP contribution in [0.5, 0.6) is 0 Å². The lowest BCUT2D eigenvalue weighted by Crippen LogP contribution is -2.45. The Balaban J connectivity index is 1.51. The molecule has 0 radical (unpaired) electrons. The molecule has 1 atom stereocenters. The quantitative estimate of drug-likeness (QED) is 0.636. The average molecular weight is 403 g/mol. The van der Waals surface area contributed by atoms with Crippen molar-refractivity contribution in [1.29, 1.82) is 0 Å². The second kappa shape index (κ2) is 10.4. The number of likely N-dealkylation sites (tertiary alicyclic amines) is 1. The highest BCUT2D eigenvalue weighted by Crippen LogP contribution is 2.24. The number of carbonyl (C=O) groups excluding carboxylic acids is 2. The van der Waals surface area contributed by atoms with E-state index in [9.17, 15) is 9.59 Å². The number of aromatic nitrogens is 2. The van der Waals surface area contributed by atoms with Gasteiger partial charge in [-0.25, -0.2) is 9.97 Å². The highest BCUT2D eigenvalue weighted by Gasteiger charge is 2.29. The van der Waals surface area contributed by atoms with Crippen LogP contribution in [0.3, 0.4) is 0 Å². The molecule has 2 saturated heterocycles. The van der Waals surface area contributed by atoms with Gasteiger partial charge in [0.25, 0.3) is 0 Å². The summed E-state index contributed by atoms with van der Waals surface area (Å²) in [7, 11) is 0. The van der Waals surface area contributed by atoms with E-state index in [-0.39, 0.29) is 17.7 Å². The third-order valence-electron chi connectivity index (χ3n) is 5.90. The van der Waals surface area contributed by atoms with E-state index in [0.29, 0.717) is 13.0 Å². The number of carbonyl (C=O) groups is 2. The molecule has 29 heavy (non-hydrogen) atoms. The van der Waals surface area contributed by atoms with Gasteiger partial charge in [-0.05, 0) is 39.5 Å². The van der Waals surface area contributed by atoms with Crippen LogP contribution >= 0.6 is 0 Å². The maximum Gasteiger partial charge on any atom is 0.227 e. The molecule has 1 aromatic heterocycles. The molecule has 2 amide bonds. The average Bonchev–Trinajstić information content (AvgIpc) is 3.17. The monoisotopic (exact) mass is 402 g/mol.